The molecule has 1 saturated heterocycles. The van der Waals surface area contributed by atoms with Crippen molar-refractivity contribution in [1.29, 1.82) is 0 Å². The van der Waals surface area contributed by atoms with E-state index in [1.807, 2.05) is 0 Å². The van der Waals surface area contributed by atoms with E-state index in [4.69, 9.17) is 0 Å². The van der Waals surface area contributed by atoms with Gasteiger partial charge in [0.1, 0.15) is 0 Å². The Hall–Kier alpha value is -1.56. The molecule has 1 aliphatic rings. The van der Waals surface area contributed by atoms with E-state index in [0.717, 1.165) is 12.1 Å². The second-order valence-electron chi connectivity index (χ2n) is 5.61. The van der Waals surface area contributed by atoms with Gasteiger partial charge in [0.25, 0.3) is 0 Å². The summed E-state index contributed by atoms with van der Waals surface area (Å²) in [5.74, 6) is -0.136. The minimum Gasteiger partial charge on any atom is -0.348 e. The lowest BCUT2D eigenvalue weighted by atomic mass is 9.71. The summed E-state index contributed by atoms with van der Waals surface area (Å²) < 4.78 is 38.7. The van der Waals surface area contributed by atoms with Crippen LogP contribution in [0.3, 0.4) is 0 Å². The summed E-state index contributed by atoms with van der Waals surface area (Å²) in [6.07, 6.45) is -3.39. The van der Waals surface area contributed by atoms with Crippen molar-refractivity contribution in [3.8, 4) is 0 Å². The largest absolute Gasteiger partial charge is 0.416 e. The third-order valence-electron chi connectivity index (χ3n) is 4.02. The maximum atomic E-state index is 12.9. The molecule has 1 fully saturated rings. The Kier molecular flexibility index (Phi) is 4.27. The Morgan fingerprint density at radius 3 is 2.38 bits per heavy atom. The fraction of sp³-hybridized carbons (Fsp3) is 0.533. The van der Waals surface area contributed by atoms with Gasteiger partial charge < -0.3 is 10.2 Å². The summed E-state index contributed by atoms with van der Waals surface area (Å²) in [7, 11) is 3.28. The van der Waals surface area contributed by atoms with Crippen LogP contribution in [0.25, 0.3) is 0 Å². The fourth-order valence-electron chi connectivity index (χ4n) is 2.90. The predicted octanol–water partition coefficient (Wildman–Crippen LogP) is 2.41. The number of nitrogens with zero attached hydrogens (tertiary/aromatic N) is 1. The SMILES string of the molecule is CN(C)C(=O)C1(c2cccc(C(F)(F)F)c2)CCNCC1. The van der Waals surface area contributed by atoms with Gasteiger partial charge >= 0.3 is 6.18 Å². The van der Waals surface area contributed by atoms with Gasteiger partial charge in [-0.3, -0.25) is 4.79 Å². The van der Waals surface area contributed by atoms with E-state index in [1.54, 1.807) is 20.2 Å². The Morgan fingerprint density at radius 2 is 1.86 bits per heavy atom. The first-order chi connectivity index (χ1) is 9.77. The molecule has 0 bridgehead atoms. The second kappa shape index (κ2) is 5.67. The van der Waals surface area contributed by atoms with E-state index < -0.39 is 17.2 Å². The lowest BCUT2D eigenvalue weighted by Gasteiger charge is -2.38. The third kappa shape index (κ3) is 3.05. The Balaban J connectivity index is 2.49. The lowest BCUT2D eigenvalue weighted by Crippen LogP contribution is -2.50. The van der Waals surface area contributed by atoms with Crippen LogP contribution in [0.4, 0.5) is 13.2 Å². The van der Waals surface area contributed by atoms with Crippen molar-refractivity contribution in [2.24, 2.45) is 0 Å². The van der Waals surface area contributed by atoms with Gasteiger partial charge in [0.05, 0.1) is 11.0 Å². The van der Waals surface area contributed by atoms with Crippen LogP contribution in [0.1, 0.15) is 24.0 Å². The van der Waals surface area contributed by atoms with Gasteiger partial charge in [-0.25, -0.2) is 0 Å². The minimum atomic E-state index is -4.40. The predicted molar refractivity (Wildman–Crippen MR) is 73.9 cm³/mol. The molecular weight excluding hydrogens is 281 g/mol. The second-order valence-corrected chi connectivity index (χ2v) is 5.61. The van der Waals surface area contributed by atoms with Crippen LogP contribution in [-0.4, -0.2) is 38.0 Å². The van der Waals surface area contributed by atoms with Gasteiger partial charge in [0, 0.05) is 14.1 Å². The molecule has 2 rings (SSSR count). The highest BCUT2D eigenvalue weighted by molar-refractivity contribution is 5.88. The first kappa shape index (κ1) is 15.8. The molecule has 0 radical (unpaired) electrons. The molecule has 0 spiro atoms. The molecular formula is C15H19F3N2O. The highest BCUT2D eigenvalue weighted by atomic mass is 19.4. The molecule has 116 valence electrons. The van der Waals surface area contributed by atoms with Gasteiger partial charge in [0.15, 0.2) is 0 Å². The van der Waals surface area contributed by atoms with Crippen LogP contribution in [0, 0.1) is 0 Å². The van der Waals surface area contributed by atoms with E-state index in [9.17, 15) is 18.0 Å². The van der Waals surface area contributed by atoms with Gasteiger partial charge in [-0.15, -0.1) is 0 Å². The topological polar surface area (TPSA) is 32.3 Å². The number of hydrogen-bond acceptors (Lipinski definition) is 2. The van der Waals surface area contributed by atoms with Crippen LogP contribution in [0.5, 0.6) is 0 Å². The molecule has 6 heteroatoms. The van der Waals surface area contributed by atoms with Gasteiger partial charge in [-0.1, -0.05) is 18.2 Å². The van der Waals surface area contributed by atoms with Crippen molar-refractivity contribution in [3.63, 3.8) is 0 Å². The lowest BCUT2D eigenvalue weighted by molar-refractivity contribution is -0.139. The van der Waals surface area contributed by atoms with Gasteiger partial charge in [-0.2, -0.15) is 13.2 Å². The number of amides is 1. The Labute approximate surface area is 122 Å². The molecule has 3 nitrogen and oxygen atoms in total. The molecule has 0 saturated carbocycles. The first-order valence-electron chi connectivity index (χ1n) is 6.87. The molecule has 1 amide bonds. The van der Waals surface area contributed by atoms with Crippen molar-refractivity contribution in [2.75, 3.05) is 27.2 Å². The van der Waals surface area contributed by atoms with Crippen LogP contribution in [0.2, 0.25) is 0 Å². The molecule has 1 aliphatic heterocycles. The zero-order valence-electron chi connectivity index (χ0n) is 12.1. The molecule has 0 unspecified atom stereocenters. The number of hydrogen-bond donors (Lipinski definition) is 1. The summed E-state index contributed by atoms with van der Waals surface area (Å²) in [4.78, 5) is 14.1. The number of nitrogens with one attached hydrogen (secondary N) is 1. The molecule has 1 aromatic carbocycles. The van der Waals surface area contributed by atoms with E-state index in [-0.39, 0.29) is 5.91 Å². The van der Waals surface area contributed by atoms with Gasteiger partial charge in [0.2, 0.25) is 5.91 Å². The average molecular weight is 300 g/mol. The van der Waals surface area contributed by atoms with Crippen LogP contribution in [-0.2, 0) is 16.4 Å². The highest BCUT2D eigenvalue weighted by Gasteiger charge is 2.43. The van der Waals surface area contributed by atoms with Crippen molar-refractivity contribution in [2.45, 2.75) is 24.4 Å². The van der Waals surface area contributed by atoms with Crippen molar-refractivity contribution < 1.29 is 18.0 Å². The number of carbonyl (C=O) groups excluding carboxylic acids is 1. The van der Waals surface area contributed by atoms with E-state index >= 15 is 0 Å². The Bertz CT molecular complexity index is 520. The standard InChI is InChI=1S/C15H19F3N2O/c1-20(2)13(21)14(6-8-19-9-7-14)11-4-3-5-12(10-11)15(16,17)18/h3-5,10,19H,6-9H2,1-2H3. The molecule has 1 heterocycles. The van der Waals surface area contributed by atoms with E-state index in [0.29, 0.717) is 31.5 Å². The van der Waals surface area contributed by atoms with Crippen molar-refractivity contribution >= 4 is 5.91 Å². The summed E-state index contributed by atoms with van der Waals surface area (Å²) in [5, 5.41) is 3.15. The maximum absolute atomic E-state index is 12.9. The smallest absolute Gasteiger partial charge is 0.348 e. The van der Waals surface area contributed by atoms with Crippen LogP contribution < -0.4 is 5.32 Å². The molecule has 1 aromatic rings. The third-order valence-corrected chi connectivity index (χ3v) is 4.02. The summed E-state index contributed by atoms with van der Waals surface area (Å²) in [6, 6.07) is 5.16. The number of likely N-dealkylation sites (N-methyl/N-ethyl adjacent to an activating group) is 1. The molecule has 0 aliphatic carbocycles. The monoisotopic (exact) mass is 300 g/mol. The highest BCUT2D eigenvalue weighted by Crippen LogP contribution is 2.38. The molecule has 0 aromatic heterocycles. The van der Waals surface area contributed by atoms with Crippen molar-refractivity contribution in [3.05, 3.63) is 35.4 Å². The number of rotatable bonds is 2. The summed E-state index contributed by atoms with van der Waals surface area (Å²) in [5.41, 5.74) is -1.11. The van der Waals surface area contributed by atoms with Crippen LogP contribution >= 0.6 is 0 Å². The average Bonchev–Trinajstić information content (AvgIpc) is 2.46. The number of alkyl halides is 3. The Morgan fingerprint density at radius 1 is 1.24 bits per heavy atom. The summed E-state index contributed by atoms with van der Waals surface area (Å²) >= 11 is 0. The number of piperidine rings is 1. The zero-order valence-corrected chi connectivity index (χ0v) is 12.1. The van der Waals surface area contributed by atoms with E-state index in [2.05, 4.69) is 5.32 Å². The molecule has 1 N–H and O–H groups in total. The normalized spacial score (nSPS) is 18.3. The summed E-state index contributed by atoms with van der Waals surface area (Å²) in [6.45, 7) is 1.24. The van der Waals surface area contributed by atoms with E-state index in [1.165, 1.54) is 11.0 Å². The maximum Gasteiger partial charge on any atom is 0.416 e. The number of benzene rings is 1. The number of carbonyl (C=O) groups is 1. The fourth-order valence-corrected chi connectivity index (χ4v) is 2.90. The molecule has 0 atom stereocenters. The van der Waals surface area contributed by atoms with Gasteiger partial charge in [-0.05, 0) is 37.6 Å². The zero-order chi connectivity index (χ0) is 15.7. The van der Waals surface area contributed by atoms with Crippen molar-refractivity contribution in [1.82, 2.24) is 10.2 Å². The quantitative estimate of drug-likeness (QED) is 0.910. The first-order valence-corrected chi connectivity index (χ1v) is 6.87. The minimum absolute atomic E-state index is 0.136. The molecule has 21 heavy (non-hydrogen) atoms. The van der Waals surface area contributed by atoms with Crippen LogP contribution in [0.15, 0.2) is 24.3 Å². The number of halogens is 3.